The summed E-state index contributed by atoms with van der Waals surface area (Å²) in [6, 6.07) is 14.5. The maximum absolute atomic E-state index is 10.0. The summed E-state index contributed by atoms with van der Waals surface area (Å²) >= 11 is 0. The lowest BCUT2D eigenvalue weighted by Crippen LogP contribution is -1.89. The summed E-state index contributed by atoms with van der Waals surface area (Å²) in [5.41, 5.74) is 2.60. The molecule has 6 heteroatoms. The number of furan rings is 1. The van der Waals surface area contributed by atoms with Gasteiger partial charge in [0.1, 0.15) is 17.3 Å². The first-order chi connectivity index (χ1) is 12.1. The van der Waals surface area contributed by atoms with E-state index in [-0.39, 0.29) is 11.6 Å². The molecule has 0 bridgehead atoms. The predicted octanol–water partition coefficient (Wildman–Crippen LogP) is 5.39. The maximum Gasteiger partial charge on any atom is 0.311 e. The quantitative estimate of drug-likeness (QED) is 0.632. The van der Waals surface area contributed by atoms with Gasteiger partial charge in [-0.2, -0.15) is 5.11 Å². The molecule has 0 aliphatic rings. The molecule has 0 spiro atoms. The Kier molecular flexibility index (Phi) is 4.70. The molecule has 1 aromatic heterocycles. The number of aryl methyl sites for hydroxylation is 1. The molecule has 0 aliphatic heterocycles. The summed E-state index contributed by atoms with van der Waals surface area (Å²) < 4.78 is 16.0. The fraction of sp³-hybridized carbons (Fsp3) is 0.158. The van der Waals surface area contributed by atoms with Crippen LogP contribution in [0.25, 0.3) is 11.3 Å². The van der Waals surface area contributed by atoms with E-state index < -0.39 is 0 Å². The van der Waals surface area contributed by atoms with Crippen molar-refractivity contribution < 1.29 is 19.0 Å². The molecule has 0 atom stereocenters. The third-order valence-corrected chi connectivity index (χ3v) is 3.75. The first kappa shape index (κ1) is 16.6. The molecule has 2 aromatic carbocycles. The van der Waals surface area contributed by atoms with Crippen LogP contribution in [-0.2, 0) is 0 Å². The van der Waals surface area contributed by atoms with Crippen molar-refractivity contribution in [3.8, 4) is 28.8 Å². The predicted molar refractivity (Wildman–Crippen MR) is 94.3 cm³/mol. The molecule has 0 unspecified atom stereocenters. The fourth-order valence-corrected chi connectivity index (χ4v) is 2.37. The molecule has 0 aliphatic carbocycles. The minimum atomic E-state index is -0.308. The highest BCUT2D eigenvalue weighted by molar-refractivity contribution is 5.71. The zero-order chi connectivity index (χ0) is 17.8. The maximum atomic E-state index is 10.0. The molecule has 0 radical (unpaired) electrons. The summed E-state index contributed by atoms with van der Waals surface area (Å²) in [5.74, 6) is 1.34. The van der Waals surface area contributed by atoms with Crippen molar-refractivity contribution in [2.75, 3.05) is 14.2 Å². The molecular formula is C19H18N2O4. The number of methoxy groups -OCH3 is 2. The summed E-state index contributed by atoms with van der Waals surface area (Å²) in [4.78, 5) is 0. The van der Waals surface area contributed by atoms with Crippen LogP contribution in [0.15, 0.2) is 63.2 Å². The van der Waals surface area contributed by atoms with Gasteiger partial charge in [-0.15, -0.1) is 5.11 Å². The SMILES string of the molecule is COc1ccc(OC)c(-c2cc(N=Nc3ccccc3C)c(O)o2)c1. The van der Waals surface area contributed by atoms with Crippen LogP contribution in [0.4, 0.5) is 11.4 Å². The molecule has 0 amide bonds. The highest BCUT2D eigenvalue weighted by Crippen LogP contribution is 2.41. The molecule has 1 N–H and O–H groups in total. The first-order valence-corrected chi connectivity index (χ1v) is 7.65. The molecule has 3 aromatic rings. The monoisotopic (exact) mass is 338 g/mol. The Morgan fingerprint density at radius 1 is 0.920 bits per heavy atom. The smallest absolute Gasteiger partial charge is 0.311 e. The van der Waals surface area contributed by atoms with E-state index in [1.165, 1.54) is 0 Å². The summed E-state index contributed by atoms with van der Waals surface area (Å²) in [6.07, 6.45) is 0. The molecule has 25 heavy (non-hydrogen) atoms. The van der Waals surface area contributed by atoms with Gasteiger partial charge < -0.3 is 19.0 Å². The lowest BCUT2D eigenvalue weighted by Gasteiger charge is -2.07. The number of nitrogens with zero attached hydrogens (tertiary/aromatic N) is 2. The number of benzene rings is 2. The average Bonchev–Trinajstić information content (AvgIpc) is 3.01. The van der Waals surface area contributed by atoms with E-state index >= 15 is 0 Å². The number of aromatic hydroxyl groups is 1. The number of azo groups is 1. The van der Waals surface area contributed by atoms with Gasteiger partial charge in [0.15, 0.2) is 5.69 Å². The minimum Gasteiger partial charge on any atom is -0.497 e. The summed E-state index contributed by atoms with van der Waals surface area (Å²) in [5, 5.41) is 18.3. The molecule has 1 heterocycles. The van der Waals surface area contributed by atoms with Crippen LogP contribution in [0.3, 0.4) is 0 Å². The van der Waals surface area contributed by atoms with Gasteiger partial charge in [-0.25, -0.2) is 0 Å². The number of rotatable bonds is 5. The second kappa shape index (κ2) is 7.09. The lowest BCUT2D eigenvalue weighted by molar-refractivity contribution is 0.337. The molecule has 128 valence electrons. The van der Waals surface area contributed by atoms with E-state index in [1.807, 2.05) is 31.2 Å². The normalized spacial score (nSPS) is 11.0. The van der Waals surface area contributed by atoms with Gasteiger partial charge in [-0.1, -0.05) is 18.2 Å². The Bertz CT molecular complexity index is 916. The summed E-state index contributed by atoms with van der Waals surface area (Å²) in [6.45, 7) is 1.94. The van der Waals surface area contributed by atoms with Crippen molar-refractivity contribution >= 4 is 11.4 Å². The lowest BCUT2D eigenvalue weighted by atomic mass is 10.1. The van der Waals surface area contributed by atoms with Gasteiger partial charge in [0, 0.05) is 6.07 Å². The van der Waals surface area contributed by atoms with Gasteiger partial charge in [0.2, 0.25) is 0 Å². The highest BCUT2D eigenvalue weighted by atomic mass is 16.5. The highest BCUT2D eigenvalue weighted by Gasteiger charge is 2.16. The molecule has 6 nitrogen and oxygen atoms in total. The van der Waals surface area contributed by atoms with Crippen LogP contribution in [0, 0.1) is 6.92 Å². The van der Waals surface area contributed by atoms with Crippen LogP contribution in [-0.4, -0.2) is 19.3 Å². The molecule has 0 saturated carbocycles. The minimum absolute atomic E-state index is 0.239. The van der Waals surface area contributed by atoms with Crippen LogP contribution in [0.2, 0.25) is 0 Å². The van der Waals surface area contributed by atoms with Crippen LogP contribution < -0.4 is 9.47 Å². The number of hydrogen-bond donors (Lipinski definition) is 1. The summed E-state index contributed by atoms with van der Waals surface area (Å²) in [7, 11) is 3.14. The van der Waals surface area contributed by atoms with Crippen molar-refractivity contribution in [1.29, 1.82) is 0 Å². The van der Waals surface area contributed by atoms with Crippen LogP contribution in [0.1, 0.15) is 5.56 Å². The van der Waals surface area contributed by atoms with E-state index in [2.05, 4.69) is 10.2 Å². The van der Waals surface area contributed by atoms with Gasteiger partial charge >= 0.3 is 5.95 Å². The molecule has 0 fully saturated rings. The molecule has 0 saturated heterocycles. The fourth-order valence-electron chi connectivity index (χ4n) is 2.37. The van der Waals surface area contributed by atoms with Crippen molar-refractivity contribution in [1.82, 2.24) is 0 Å². The Morgan fingerprint density at radius 3 is 2.40 bits per heavy atom. The van der Waals surface area contributed by atoms with E-state index in [0.29, 0.717) is 22.8 Å². The largest absolute Gasteiger partial charge is 0.497 e. The topological polar surface area (TPSA) is 76.5 Å². The second-order valence-electron chi connectivity index (χ2n) is 5.35. The third-order valence-electron chi connectivity index (χ3n) is 3.75. The zero-order valence-electron chi connectivity index (χ0n) is 14.2. The second-order valence-corrected chi connectivity index (χ2v) is 5.35. The van der Waals surface area contributed by atoms with Crippen molar-refractivity contribution in [3.63, 3.8) is 0 Å². The third kappa shape index (κ3) is 3.47. The van der Waals surface area contributed by atoms with Gasteiger partial charge in [-0.05, 0) is 36.8 Å². The van der Waals surface area contributed by atoms with E-state index in [9.17, 15) is 5.11 Å². The van der Waals surface area contributed by atoms with Gasteiger partial charge in [0.05, 0.1) is 25.5 Å². The standard InChI is InChI=1S/C19H18N2O4/c1-12-6-4-5-7-15(12)20-21-16-11-18(25-19(16)22)14-10-13(23-2)8-9-17(14)24-3/h4-11,22H,1-3H3. The van der Waals surface area contributed by atoms with Gasteiger partial charge in [0.25, 0.3) is 0 Å². The van der Waals surface area contributed by atoms with Gasteiger partial charge in [-0.3, -0.25) is 0 Å². The Labute approximate surface area is 145 Å². The Hall–Kier alpha value is -3.28. The van der Waals surface area contributed by atoms with E-state index in [1.54, 1.807) is 38.5 Å². The first-order valence-electron chi connectivity index (χ1n) is 7.65. The van der Waals surface area contributed by atoms with Crippen molar-refractivity contribution in [3.05, 3.63) is 54.1 Å². The average molecular weight is 338 g/mol. The number of hydrogen-bond acceptors (Lipinski definition) is 6. The number of ether oxygens (including phenoxy) is 2. The van der Waals surface area contributed by atoms with E-state index in [4.69, 9.17) is 13.9 Å². The Morgan fingerprint density at radius 2 is 1.68 bits per heavy atom. The molecule has 3 rings (SSSR count). The van der Waals surface area contributed by atoms with Crippen LogP contribution in [0.5, 0.6) is 17.4 Å². The Balaban J connectivity index is 1.97. The van der Waals surface area contributed by atoms with Crippen LogP contribution >= 0.6 is 0 Å². The molecular weight excluding hydrogens is 320 g/mol. The van der Waals surface area contributed by atoms with Crippen molar-refractivity contribution in [2.45, 2.75) is 6.92 Å². The van der Waals surface area contributed by atoms with E-state index in [0.717, 1.165) is 11.3 Å². The zero-order valence-corrected chi connectivity index (χ0v) is 14.2. The van der Waals surface area contributed by atoms with Crippen molar-refractivity contribution in [2.24, 2.45) is 10.2 Å².